The SMILES string of the molecule is O=Cc1c(Cl)cccc1OCc1c(Cl)cccc1Cl. The lowest BCUT2D eigenvalue weighted by Gasteiger charge is -2.11. The Labute approximate surface area is 125 Å². The third kappa shape index (κ3) is 3.21. The van der Waals surface area contributed by atoms with Crippen LogP contribution in [-0.4, -0.2) is 6.29 Å². The number of aldehydes is 1. The van der Waals surface area contributed by atoms with E-state index in [9.17, 15) is 4.79 Å². The van der Waals surface area contributed by atoms with Crippen LogP contribution in [0.4, 0.5) is 0 Å². The number of rotatable bonds is 4. The molecule has 0 aliphatic rings. The van der Waals surface area contributed by atoms with Gasteiger partial charge in [-0.15, -0.1) is 0 Å². The van der Waals surface area contributed by atoms with E-state index >= 15 is 0 Å². The molecule has 0 radical (unpaired) electrons. The average molecular weight is 316 g/mol. The number of carbonyl (C=O) groups is 1. The Morgan fingerprint density at radius 3 is 2.16 bits per heavy atom. The van der Waals surface area contributed by atoms with Crippen molar-refractivity contribution in [3.8, 4) is 5.75 Å². The molecule has 0 aromatic heterocycles. The van der Waals surface area contributed by atoms with E-state index in [-0.39, 0.29) is 6.61 Å². The van der Waals surface area contributed by atoms with Crippen LogP contribution in [0.3, 0.4) is 0 Å². The van der Waals surface area contributed by atoms with Gasteiger partial charge in [0, 0.05) is 15.6 Å². The molecule has 5 heteroatoms. The molecule has 2 rings (SSSR count). The predicted molar refractivity (Wildman–Crippen MR) is 77.6 cm³/mol. The molecule has 0 heterocycles. The van der Waals surface area contributed by atoms with E-state index in [2.05, 4.69) is 0 Å². The fraction of sp³-hybridized carbons (Fsp3) is 0.0714. The van der Waals surface area contributed by atoms with Crippen LogP contribution >= 0.6 is 34.8 Å². The van der Waals surface area contributed by atoms with Crippen LogP contribution in [0.25, 0.3) is 0 Å². The van der Waals surface area contributed by atoms with Gasteiger partial charge in [0.2, 0.25) is 0 Å². The first-order chi connectivity index (χ1) is 9.13. The van der Waals surface area contributed by atoms with E-state index in [0.717, 1.165) is 0 Å². The number of halogens is 3. The summed E-state index contributed by atoms with van der Waals surface area (Å²) in [7, 11) is 0. The maximum Gasteiger partial charge on any atom is 0.155 e. The molecular weight excluding hydrogens is 307 g/mol. The second-order valence-corrected chi connectivity index (χ2v) is 4.98. The molecule has 0 atom stereocenters. The topological polar surface area (TPSA) is 26.3 Å². The Kier molecular flexibility index (Phi) is 4.70. The van der Waals surface area contributed by atoms with Gasteiger partial charge in [-0.1, -0.05) is 46.9 Å². The van der Waals surface area contributed by atoms with Crippen LogP contribution in [0.2, 0.25) is 15.1 Å². The van der Waals surface area contributed by atoms with Gasteiger partial charge >= 0.3 is 0 Å². The molecule has 0 fully saturated rings. The molecular formula is C14H9Cl3O2. The summed E-state index contributed by atoms with van der Waals surface area (Å²) < 4.78 is 5.57. The van der Waals surface area contributed by atoms with Crippen LogP contribution in [0, 0.1) is 0 Å². The zero-order valence-corrected chi connectivity index (χ0v) is 12.0. The van der Waals surface area contributed by atoms with E-state index in [1.54, 1.807) is 36.4 Å². The average Bonchev–Trinajstić information content (AvgIpc) is 2.38. The molecule has 19 heavy (non-hydrogen) atoms. The highest BCUT2D eigenvalue weighted by Gasteiger charge is 2.10. The Bertz CT molecular complexity index is 591. The molecule has 0 aliphatic carbocycles. The Morgan fingerprint density at radius 1 is 0.947 bits per heavy atom. The van der Waals surface area contributed by atoms with Gasteiger partial charge in [0.15, 0.2) is 6.29 Å². The highest BCUT2D eigenvalue weighted by Crippen LogP contribution is 2.28. The van der Waals surface area contributed by atoms with Crippen LogP contribution in [0.1, 0.15) is 15.9 Å². The molecule has 0 amide bonds. The Balaban J connectivity index is 2.24. The Morgan fingerprint density at radius 2 is 1.53 bits per heavy atom. The third-order valence-corrected chi connectivity index (χ3v) is 3.60. The molecule has 0 bridgehead atoms. The predicted octanol–water partition coefficient (Wildman–Crippen LogP) is 5.04. The summed E-state index contributed by atoms with van der Waals surface area (Å²) >= 11 is 18.0. The van der Waals surface area contributed by atoms with Crippen LogP contribution < -0.4 is 4.74 Å². The summed E-state index contributed by atoms with van der Waals surface area (Å²) in [5.41, 5.74) is 0.981. The van der Waals surface area contributed by atoms with E-state index in [1.165, 1.54) is 0 Å². The molecule has 98 valence electrons. The highest BCUT2D eigenvalue weighted by molar-refractivity contribution is 6.36. The van der Waals surface area contributed by atoms with Crippen LogP contribution in [0.15, 0.2) is 36.4 Å². The number of benzene rings is 2. The van der Waals surface area contributed by atoms with Crippen molar-refractivity contribution in [3.05, 3.63) is 62.6 Å². The van der Waals surface area contributed by atoms with E-state index < -0.39 is 0 Å². The van der Waals surface area contributed by atoms with Crippen LogP contribution in [-0.2, 0) is 6.61 Å². The summed E-state index contributed by atoms with van der Waals surface area (Å²) in [6.07, 6.45) is 0.659. The zero-order valence-electron chi connectivity index (χ0n) is 9.70. The summed E-state index contributed by atoms with van der Waals surface area (Å²) in [5, 5.41) is 1.38. The maximum atomic E-state index is 11.0. The minimum Gasteiger partial charge on any atom is -0.488 e. The van der Waals surface area contributed by atoms with E-state index in [4.69, 9.17) is 39.5 Å². The fourth-order valence-electron chi connectivity index (χ4n) is 1.58. The molecule has 2 aromatic carbocycles. The third-order valence-electron chi connectivity index (χ3n) is 2.56. The lowest BCUT2D eigenvalue weighted by molar-refractivity contribution is 0.111. The quantitative estimate of drug-likeness (QED) is 0.739. The van der Waals surface area contributed by atoms with Crippen molar-refractivity contribution in [2.45, 2.75) is 6.61 Å². The van der Waals surface area contributed by atoms with Crippen molar-refractivity contribution in [1.82, 2.24) is 0 Å². The second-order valence-electron chi connectivity index (χ2n) is 3.76. The van der Waals surface area contributed by atoms with Gasteiger partial charge in [-0.2, -0.15) is 0 Å². The first kappa shape index (κ1) is 14.2. The standard InChI is InChI=1S/C14H9Cl3O2/c15-11-5-2-6-14(9(11)7-18)19-8-10-12(16)3-1-4-13(10)17/h1-7H,8H2. The summed E-state index contributed by atoms with van der Waals surface area (Å²) in [4.78, 5) is 11.0. The molecule has 0 saturated heterocycles. The summed E-state index contributed by atoms with van der Waals surface area (Å²) in [5.74, 6) is 0.401. The smallest absolute Gasteiger partial charge is 0.155 e. The lowest BCUT2D eigenvalue weighted by atomic mass is 10.2. The molecule has 0 N–H and O–H groups in total. The van der Waals surface area contributed by atoms with Crippen molar-refractivity contribution in [2.75, 3.05) is 0 Å². The number of hydrogen-bond donors (Lipinski definition) is 0. The maximum absolute atomic E-state index is 11.0. The first-order valence-corrected chi connectivity index (χ1v) is 6.56. The summed E-state index contributed by atoms with van der Waals surface area (Å²) in [6.45, 7) is 0.166. The Hall–Kier alpha value is -1.22. The molecule has 0 spiro atoms. The zero-order chi connectivity index (χ0) is 13.8. The molecule has 0 aliphatic heterocycles. The normalized spacial score (nSPS) is 10.3. The number of carbonyl (C=O) groups excluding carboxylic acids is 1. The molecule has 0 saturated carbocycles. The first-order valence-electron chi connectivity index (χ1n) is 5.43. The van der Waals surface area contributed by atoms with E-state index in [1.807, 2.05) is 0 Å². The summed E-state index contributed by atoms with van der Waals surface area (Å²) in [6, 6.07) is 10.2. The van der Waals surface area contributed by atoms with Gasteiger partial charge in [-0.25, -0.2) is 0 Å². The van der Waals surface area contributed by atoms with Gasteiger partial charge < -0.3 is 4.74 Å². The lowest BCUT2D eigenvalue weighted by Crippen LogP contribution is -2.00. The monoisotopic (exact) mass is 314 g/mol. The minimum absolute atomic E-state index is 0.166. The van der Waals surface area contributed by atoms with Crippen molar-refractivity contribution in [1.29, 1.82) is 0 Å². The van der Waals surface area contributed by atoms with Crippen molar-refractivity contribution < 1.29 is 9.53 Å². The highest BCUT2D eigenvalue weighted by atomic mass is 35.5. The fourth-order valence-corrected chi connectivity index (χ4v) is 2.29. The number of ether oxygens (including phenoxy) is 1. The molecule has 0 unspecified atom stereocenters. The van der Waals surface area contributed by atoms with Gasteiger partial charge in [0.25, 0.3) is 0 Å². The van der Waals surface area contributed by atoms with Crippen molar-refractivity contribution >= 4 is 41.1 Å². The second kappa shape index (κ2) is 6.29. The van der Waals surface area contributed by atoms with Gasteiger partial charge in [0.1, 0.15) is 12.4 Å². The van der Waals surface area contributed by atoms with Crippen molar-refractivity contribution in [3.63, 3.8) is 0 Å². The van der Waals surface area contributed by atoms with Gasteiger partial charge in [0.05, 0.1) is 10.6 Å². The molecule has 2 nitrogen and oxygen atoms in total. The van der Waals surface area contributed by atoms with Gasteiger partial charge in [-0.05, 0) is 24.3 Å². The largest absolute Gasteiger partial charge is 0.488 e. The van der Waals surface area contributed by atoms with Gasteiger partial charge in [-0.3, -0.25) is 4.79 Å². The number of hydrogen-bond acceptors (Lipinski definition) is 2. The molecule has 2 aromatic rings. The minimum atomic E-state index is 0.166. The van der Waals surface area contributed by atoms with Crippen molar-refractivity contribution in [2.24, 2.45) is 0 Å². The van der Waals surface area contributed by atoms with Crippen LogP contribution in [0.5, 0.6) is 5.75 Å². The van der Waals surface area contributed by atoms with E-state index in [0.29, 0.717) is 38.2 Å².